The number of aromatic hydroxyl groups is 1. The maximum Gasteiger partial charge on any atom is 0.326 e. The highest BCUT2D eigenvalue weighted by atomic mass is 16.4. The molecular formula is C32H40N8O9. The molecule has 0 saturated heterocycles. The molecule has 0 aliphatic carbocycles. The number of nitrogens with zero attached hydrogens (tertiary/aromatic N) is 3. The number of rotatable bonds is 13. The second-order valence-electron chi connectivity index (χ2n) is 11.9. The molecule has 2 aromatic heterocycles. The van der Waals surface area contributed by atoms with Gasteiger partial charge in [0, 0.05) is 35.3 Å². The first-order valence-electron chi connectivity index (χ1n) is 15.0. The van der Waals surface area contributed by atoms with Crippen LogP contribution < -0.4 is 27.2 Å². The topological polar surface area (TPSA) is 286 Å². The van der Waals surface area contributed by atoms with E-state index in [0.717, 1.165) is 0 Å². The fourth-order valence-corrected chi connectivity index (χ4v) is 4.22. The van der Waals surface area contributed by atoms with E-state index in [0.29, 0.717) is 29.1 Å². The van der Waals surface area contributed by atoms with Crippen molar-refractivity contribution in [3.8, 4) is 5.75 Å². The minimum Gasteiger partial charge on any atom is -0.508 e. The van der Waals surface area contributed by atoms with Crippen molar-refractivity contribution in [1.29, 1.82) is 0 Å². The van der Waals surface area contributed by atoms with Crippen LogP contribution in [0.25, 0.3) is 11.2 Å². The summed E-state index contributed by atoms with van der Waals surface area (Å²) in [5.74, 6) is -3.11. The highest BCUT2D eigenvalue weighted by Gasteiger charge is 2.21. The molecule has 17 heteroatoms. The number of benzene rings is 2. The predicted molar refractivity (Wildman–Crippen MR) is 179 cm³/mol. The third kappa shape index (κ3) is 11.8. The summed E-state index contributed by atoms with van der Waals surface area (Å²) in [6, 6.07) is 9.62. The average Bonchev–Trinajstić information content (AvgIpc) is 3.04. The predicted octanol–water partition coefficient (Wildman–Crippen LogP) is 1.26. The molecular weight excluding hydrogens is 640 g/mol. The van der Waals surface area contributed by atoms with Crippen molar-refractivity contribution in [3.05, 3.63) is 81.4 Å². The maximum atomic E-state index is 12.3. The molecule has 0 bridgehead atoms. The number of aromatic amines is 1. The van der Waals surface area contributed by atoms with Crippen molar-refractivity contribution in [2.24, 2.45) is 0 Å². The van der Waals surface area contributed by atoms with Gasteiger partial charge < -0.3 is 47.2 Å². The Labute approximate surface area is 280 Å². The number of nitrogens with one attached hydrogen (secondary N) is 4. The number of carbonyl (C=O) groups excluding carboxylic acids is 1. The number of hydrogen-bond acceptors (Lipinski definition) is 13. The number of fused-ring (bicyclic) bond motifs is 1. The number of carbonyl (C=O) groups is 3. The van der Waals surface area contributed by atoms with E-state index in [1.807, 2.05) is 20.8 Å². The first-order chi connectivity index (χ1) is 23.1. The molecule has 2 heterocycles. The zero-order valence-electron chi connectivity index (χ0n) is 27.1. The molecule has 11 N–H and O–H groups in total. The van der Waals surface area contributed by atoms with Gasteiger partial charge in [-0.3, -0.25) is 19.4 Å². The summed E-state index contributed by atoms with van der Waals surface area (Å²) in [4.78, 5) is 60.6. The Morgan fingerprint density at radius 2 is 1.73 bits per heavy atom. The van der Waals surface area contributed by atoms with Gasteiger partial charge in [-0.15, -0.1) is 0 Å². The van der Waals surface area contributed by atoms with E-state index in [-0.39, 0.29) is 60.0 Å². The Balaban J connectivity index is 0.000000323. The largest absolute Gasteiger partial charge is 0.508 e. The smallest absolute Gasteiger partial charge is 0.326 e. The molecule has 0 aliphatic heterocycles. The van der Waals surface area contributed by atoms with Gasteiger partial charge in [-0.2, -0.15) is 4.98 Å². The van der Waals surface area contributed by atoms with Gasteiger partial charge in [0.25, 0.3) is 11.5 Å². The van der Waals surface area contributed by atoms with Crippen molar-refractivity contribution >= 4 is 40.6 Å². The molecule has 0 radical (unpaired) electrons. The molecule has 4 rings (SSSR count). The third-order valence-corrected chi connectivity index (χ3v) is 6.84. The van der Waals surface area contributed by atoms with Gasteiger partial charge in [0.1, 0.15) is 11.8 Å². The van der Waals surface area contributed by atoms with E-state index >= 15 is 0 Å². The number of H-pyrrole nitrogens is 1. The number of carboxylic acid groups (broad SMARTS) is 2. The van der Waals surface area contributed by atoms with Crippen molar-refractivity contribution in [1.82, 2.24) is 30.6 Å². The molecule has 49 heavy (non-hydrogen) atoms. The second-order valence-corrected chi connectivity index (χ2v) is 11.9. The van der Waals surface area contributed by atoms with Crippen LogP contribution in [-0.2, 0) is 22.7 Å². The SMILES string of the molecule is CC(C)(C)NC[C@H](O)c1ccc(O)c(CO)c1.Nc1nc2ncc(CNc3ccc(C(=O)N[C@@H](CCC(=O)O)C(=O)O)cc3)nc2c(=O)[nH]1. The normalized spacial score (nSPS) is 12.3. The van der Waals surface area contributed by atoms with Crippen LogP contribution in [-0.4, -0.2) is 81.4 Å². The van der Waals surface area contributed by atoms with Crippen LogP contribution in [0.5, 0.6) is 5.75 Å². The van der Waals surface area contributed by atoms with Gasteiger partial charge >= 0.3 is 11.9 Å². The first kappa shape index (κ1) is 37.8. The number of anilines is 2. The molecule has 0 unspecified atom stereocenters. The standard InChI is InChI=1S/C19H19N7O6.C13H21NO3/c20-19-25-15-14(17(30)26-19)23-11(8-22-15)7-21-10-3-1-9(2-4-10)16(29)24-12(18(31)32)5-6-13(27)28;1-13(2,3)14-7-12(17)9-4-5-11(16)10(6-9)8-15/h1-4,8,12,21H,5-7H2,(H,24,29)(H,27,28)(H,31,32)(H3,20,22,25,26,30);4-6,12,14-17H,7-8H2,1-3H3/t2*12-/m00/s1. The number of hydrogen-bond donors (Lipinski definition) is 10. The number of aliphatic carboxylic acids is 2. The van der Waals surface area contributed by atoms with Gasteiger partial charge in [-0.1, -0.05) is 6.07 Å². The molecule has 4 aromatic rings. The van der Waals surface area contributed by atoms with E-state index in [4.69, 9.17) is 21.1 Å². The summed E-state index contributed by atoms with van der Waals surface area (Å²) in [5, 5.41) is 54.8. The number of carboxylic acids is 2. The lowest BCUT2D eigenvalue weighted by Crippen LogP contribution is -2.41. The van der Waals surface area contributed by atoms with Crippen LogP contribution in [0.15, 0.2) is 53.5 Å². The lowest BCUT2D eigenvalue weighted by atomic mass is 10.0. The second kappa shape index (κ2) is 17.0. The van der Waals surface area contributed by atoms with Crippen molar-refractivity contribution in [2.45, 2.75) is 64.4 Å². The number of amides is 1. The number of nitrogens with two attached hydrogens (primary N) is 1. The molecule has 0 aliphatic rings. The summed E-state index contributed by atoms with van der Waals surface area (Å²) < 4.78 is 0. The number of aliphatic hydroxyl groups is 2. The summed E-state index contributed by atoms with van der Waals surface area (Å²) in [7, 11) is 0. The molecule has 17 nitrogen and oxygen atoms in total. The molecule has 0 fully saturated rings. The van der Waals surface area contributed by atoms with Crippen LogP contribution in [0, 0.1) is 0 Å². The van der Waals surface area contributed by atoms with Crippen LogP contribution in [0.3, 0.4) is 0 Å². The highest BCUT2D eigenvalue weighted by molar-refractivity contribution is 5.97. The Morgan fingerprint density at radius 3 is 2.35 bits per heavy atom. The van der Waals surface area contributed by atoms with Crippen LogP contribution in [0.2, 0.25) is 0 Å². The monoisotopic (exact) mass is 680 g/mol. The Bertz CT molecular complexity index is 1820. The van der Waals surface area contributed by atoms with Crippen molar-refractivity contribution in [2.75, 3.05) is 17.6 Å². The third-order valence-electron chi connectivity index (χ3n) is 6.84. The van der Waals surface area contributed by atoms with Crippen molar-refractivity contribution < 1.29 is 39.9 Å². The summed E-state index contributed by atoms with van der Waals surface area (Å²) >= 11 is 0. The van der Waals surface area contributed by atoms with E-state index in [2.05, 4.69) is 35.9 Å². The van der Waals surface area contributed by atoms with Gasteiger partial charge in [-0.25, -0.2) is 14.8 Å². The molecule has 2 aromatic carbocycles. The maximum absolute atomic E-state index is 12.3. The van der Waals surface area contributed by atoms with Crippen LogP contribution in [0.4, 0.5) is 11.6 Å². The minimum absolute atomic E-state index is 0.0484. The number of aromatic nitrogens is 4. The van der Waals surface area contributed by atoms with Gasteiger partial charge in [0.2, 0.25) is 5.95 Å². The first-order valence-corrected chi connectivity index (χ1v) is 15.0. The van der Waals surface area contributed by atoms with Crippen LogP contribution >= 0.6 is 0 Å². The molecule has 0 spiro atoms. The van der Waals surface area contributed by atoms with E-state index in [9.17, 15) is 29.4 Å². The summed E-state index contributed by atoms with van der Waals surface area (Å²) in [6.45, 7) is 6.49. The zero-order valence-corrected chi connectivity index (χ0v) is 27.1. The average molecular weight is 681 g/mol. The number of β-amino-alcohol motifs (C(OH)–C–C–N with tert-alkyl or cyclic N) is 1. The van der Waals surface area contributed by atoms with Gasteiger partial charge in [0.05, 0.1) is 31.1 Å². The quantitative estimate of drug-likeness (QED) is 0.0951. The molecule has 0 saturated carbocycles. The number of nitrogen functional groups attached to an aromatic ring is 1. The molecule has 2 atom stereocenters. The van der Waals surface area contributed by atoms with Gasteiger partial charge in [-0.05, 0) is 69.2 Å². The fraction of sp³-hybridized carbons (Fsp3) is 0.344. The Kier molecular flexibility index (Phi) is 13.1. The summed E-state index contributed by atoms with van der Waals surface area (Å²) in [6.07, 6.45) is 0.188. The highest BCUT2D eigenvalue weighted by Crippen LogP contribution is 2.22. The number of aliphatic hydroxyl groups excluding tert-OH is 2. The zero-order chi connectivity index (χ0) is 36.3. The lowest BCUT2D eigenvalue weighted by Gasteiger charge is -2.23. The van der Waals surface area contributed by atoms with Gasteiger partial charge in [0.15, 0.2) is 11.2 Å². The van der Waals surface area contributed by atoms with Crippen molar-refractivity contribution in [3.63, 3.8) is 0 Å². The Hall–Kier alpha value is -5.65. The van der Waals surface area contributed by atoms with E-state index in [1.165, 1.54) is 24.4 Å². The molecule has 262 valence electrons. The summed E-state index contributed by atoms with van der Waals surface area (Å²) in [5.41, 5.74) is 7.53. The molecule has 1 amide bonds. The fourth-order valence-electron chi connectivity index (χ4n) is 4.22. The minimum atomic E-state index is -1.31. The number of phenols is 1. The van der Waals surface area contributed by atoms with E-state index in [1.54, 1.807) is 24.3 Å². The van der Waals surface area contributed by atoms with E-state index < -0.39 is 35.6 Å². The lowest BCUT2D eigenvalue weighted by molar-refractivity contribution is -0.140. The van der Waals surface area contributed by atoms with Crippen LogP contribution in [0.1, 0.15) is 66.9 Å². The Morgan fingerprint density at radius 1 is 1.04 bits per heavy atom.